The van der Waals surface area contributed by atoms with Crippen LogP contribution in [0.1, 0.15) is 6.42 Å². The van der Waals surface area contributed by atoms with E-state index in [2.05, 4.69) is 0 Å². The molecule has 4 nitrogen and oxygen atoms in total. The summed E-state index contributed by atoms with van der Waals surface area (Å²) in [5, 5.41) is 7.07. The molecule has 1 heterocycles. The lowest BCUT2D eigenvalue weighted by Crippen LogP contribution is -2.25. The van der Waals surface area contributed by atoms with Crippen LogP contribution in [0, 0.1) is 11.3 Å². The number of likely N-dealkylation sites (tertiary alicyclic amines) is 1. The van der Waals surface area contributed by atoms with E-state index >= 15 is 0 Å². The second-order valence-electron chi connectivity index (χ2n) is 2.63. The van der Waals surface area contributed by atoms with Gasteiger partial charge in [0.1, 0.15) is 0 Å². The van der Waals surface area contributed by atoms with E-state index in [1.54, 1.807) is 11.9 Å². The van der Waals surface area contributed by atoms with Crippen molar-refractivity contribution in [2.75, 3.05) is 13.6 Å². The van der Waals surface area contributed by atoms with Crippen LogP contribution in [0.2, 0.25) is 0 Å². The van der Waals surface area contributed by atoms with E-state index in [-0.39, 0.29) is 30.1 Å². The first-order chi connectivity index (χ1) is 4.61. The summed E-state index contributed by atoms with van der Waals surface area (Å²) < 4.78 is 0. The summed E-state index contributed by atoms with van der Waals surface area (Å²) in [5.74, 6) is 0.162. The maximum Gasteiger partial charge on any atom is 0.223 e. The minimum absolute atomic E-state index is 0. The lowest BCUT2D eigenvalue weighted by atomic mass is 10.1. The van der Waals surface area contributed by atoms with Crippen molar-refractivity contribution >= 4 is 24.1 Å². The molecule has 1 fully saturated rings. The van der Waals surface area contributed by atoms with Gasteiger partial charge >= 0.3 is 0 Å². The fourth-order valence-electron chi connectivity index (χ4n) is 1.07. The van der Waals surface area contributed by atoms with E-state index in [4.69, 9.17) is 11.1 Å². The van der Waals surface area contributed by atoms with E-state index in [1.165, 1.54) is 0 Å². The van der Waals surface area contributed by atoms with Crippen molar-refractivity contribution in [2.45, 2.75) is 6.42 Å². The van der Waals surface area contributed by atoms with Crippen LogP contribution in [-0.2, 0) is 4.79 Å². The molecule has 1 amide bonds. The summed E-state index contributed by atoms with van der Waals surface area (Å²) >= 11 is 0. The Morgan fingerprint density at radius 2 is 2.36 bits per heavy atom. The SMILES string of the molecule is CN1CC(C(=N)N)CC1=O.Cl. The van der Waals surface area contributed by atoms with Gasteiger partial charge in [0.2, 0.25) is 5.91 Å². The first-order valence-electron chi connectivity index (χ1n) is 3.19. The Labute approximate surface area is 71.7 Å². The van der Waals surface area contributed by atoms with Gasteiger partial charge in [-0.25, -0.2) is 0 Å². The third-order valence-corrected chi connectivity index (χ3v) is 1.78. The summed E-state index contributed by atoms with van der Waals surface area (Å²) in [6, 6.07) is 0. The topological polar surface area (TPSA) is 70.2 Å². The van der Waals surface area contributed by atoms with Gasteiger partial charge in [0, 0.05) is 25.9 Å². The highest BCUT2D eigenvalue weighted by molar-refractivity contribution is 5.89. The Hall–Kier alpha value is -0.770. The molecule has 0 radical (unpaired) electrons. The number of amidine groups is 1. The summed E-state index contributed by atoms with van der Waals surface area (Å²) in [5.41, 5.74) is 5.23. The number of hydrogen-bond acceptors (Lipinski definition) is 2. The lowest BCUT2D eigenvalue weighted by Gasteiger charge is -2.07. The summed E-state index contributed by atoms with van der Waals surface area (Å²) in [4.78, 5) is 12.5. The van der Waals surface area contributed by atoms with Crippen molar-refractivity contribution in [3.05, 3.63) is 0 Å². The zero-order valence-electron chi connectivity index (χ0n) is 6.33. The molecule has 11 heavy (non-hydrogen) atoms. The zero-order chi connectivity index (χ0) is 7.72. The molecule has 1 atom stereocenters. The number of hydrogen-bond donors (Lipinski definition) is 2. The number of halogens is 1. The number of rotatable bonds is 1. The van der Waals surface area contributed by atoms with Crippen LogP contribution in [0.25, 0.3) is 0 Å². The molecule has 64 valence electrons. The van der Waals surface area contributed by atoms with Crippen molar-refractivity contribution in [2.24, 2.45) is 11.7 Å². The van der Waals surface area contributed by atoms with Crippen molar-refractivity contribution in [3.8, 4) is 0 Å². The molecule has 1 aliphatic heterocycles. The zero-order valence-corrected chi connectivity index (χ0v) is 7.15. The van der Waals surface area contributed by atoms with E-state index in [9.17, 15) is 4.79 Å². The Kier molecular flexibility index (Phi) is 3.32. The molecular formula is C6H12ClN3O. The second-order valence-corrected chi connectivity index (χ2v) is 2.63. The van der Waals surface area contributed by atoms with Crippen LogP contribution >= 0.6 is 12.4 Å². The molecule has 1 unspecified atom stereocenters. The first kappa shape index (κ1) is 10.2. The number of nitrogens with zero attached hydrogens (tertiary/aromatic N) is 1. The van der Waals surface area contributed by atoms with Crippen molar-refractivity contribution in [3.63, 3.8) is 0 Å². The third-order valence-electron chi connectivity index (χ3n) is 1.78. The molecule has 0 aromatic carbocycles. The van der Waals surface area contributed by atoms with Gasteiger partial charge in [-0.3, -0.25) is 10.2 Å². The average molecular weight is 178 g/mol. The van der Waals surface area contributed by atoms with Gasteiger partial charge in [0.25, 0.3) is 0 Å². The molecule has 0 saturated carbocycles. The molecule has 0 aromatic heterocycles. The van der Waals surface area contributed by atoms with Gasteiger partial charge in [-0.2, -0.15) is 0 Å². The summed E-state index contributed by atoms with van der Waals surface area (Å²) in [6.45, 7) is 0.605. The molecule has 0 aromatic rings. The highest BCUT2D eigenvalue weighted by Crippen LogP contribution is 2.14. The quantitative estimate of drug-likeness (QED) is 0.431. The third kappa shape index (κ3) is 2.08. The predicted octanol–water partition coefficient (Wildman–Crippen LogP) is -0.178. The lowest BCUT2D eigenvalue weighted by molar-refractivity contribution is -0.126. The highest BCUT2D eigenvalue weighted by atomic mass is 35.5. The number of nitrogens with one attached hydrogen (secondary N) is 1. The summed E-state index contributed by atoms with van der Waals surface area (Å²) in [7, 11) is 1.73. The van der Waals surface area contributed by atoms with E-state index in [0.29, 0.717) is 13.0 Å². The second kappa shape index (κ2) is 3.57. The molecule has 1 saturated heterocycles. The van der Waals surface area contributed by atoms with E-state index in [0.717, 1.165) is 0 Å². The largest absolute Gasteiger partial charge is 0.387 e. The average Bonchev–Trinajstić information content (AvgIpc) is 2.13. The first-order valence-corrected chi connectivity index (χ1v) is 3.19. The Bertz CT molecular complexity index is 183. The van der Waals surface area contributed by atoms with Gasteiger partial charge in [0.15, 0.2) is 0 Å². The number of carbonyl (C=O) groups is 1. The molecular weight excluding hydrogens is 166 g/mol. The number of nitrogens with two attached hydrogens (primary N) is 1. The highest BCUT2D eigenvalue weighted by Gasteiger charge is 2.28. The normalized spacial score (nSPS) is 23.2. The van der Waals surface area contributed by atoms with Gasteiger partial charge < -0.3 is 10.6 Å². The molecule has 0 bridgehead atoms. The van der Waals surface area contributed by atoms with Gasteiger partial charge in [0.05, 0.1) is 5.84 Å². The molecule has 1 rings (SSSR count). The summed E-state index contributed by atoms with van der Waals surface area (Å²) in [6.07, 6.45) is 0.409. The number of amides is 1. The van der Waals surface area contributed by atoms with Crippen LogP contribution in [-0.4, -0.2) is 30.2 Å². The van der Waals surface area contributed by atoms with E-state index < -0.39 is 0 Å². The maximum absolute atomic E-state index is 10.9. The van der Waals surface area contributed by atoms with Crippen molar-refractivity contribution < 1.29 is 4.79 Å². The molecule has 5 heteroatoms. The molecule has 3 N–H and O–H groups in total. The van der Waals surface area contributed by atoms with Crippen molar-refractivity contribution in [1.29, 1.82) is 5.41 Å². The fourth-order valence-corrected chi connectivity index (χ4v) is 1.07. The smallest absolute Gasteiger partial charge is 0.223 e. The Morgan fingerprint density at radius 1 is 1.82 bits per heavy atom. The Balaban J connectivity index is 0.000001000. The standard InChI is InChI=1S/C6H11N3O.ClH/c1-9-3-4(6(7)8)2-5(9)10;/h4H,2-3H2,1H3,(H3,7,8);1H. The van der Waals surface area contributed by atoms with Gasteiger partial charge in [-0.05, 0) is 0 Å². The minimum Gasteiger partial charge on any atom is -0.387 e. The molecule has 1 aliphatic rings. The van der Waals surface area contributed by atoms with E-state index in [1.807, 2.05) is 0 Å². The Morgan fingerprint density at radius 3 is 2.55 bits per heavy atom. The van der Waals surface area contributed by atoms with Crippen LogP contribution in [0.4, 0.5) is 0 Å². The molecule has 0 spiro atoms. The minimum atomic E-state index is -0.0440. The van der Waals surface area contributed by atoms with Crippen LogP contribution in [0.15, 0.2) is 0 Å². The van der Waals surface area contributed by atoms with Gasteiger partial charge in [-0.1, -0.05) is 0 Å². The fraction of sp³-hybridized carbons (Fsp3) is 0.667. The van der Waals surface area contributed by atoms with Crippen LogP contribution < -0.4 is 5.73 Å². The van der Waals surface area contributed by atoms with Crippen LogP contribution in [0.5, 0.6) is 0 Å². The monoisotopic (exact) mass is 177 g/mol. The van der Waals surface area contributed by atoms with Crippen LogP contribution in [0.3, 0.4) is 0 Å². The molecule has 0 aliphatic carbocycles. The van der Waals surface area contributed by atoms with Crippen molar-refractivity contribution in [1.82, 2.24) is 4.90 Å². The van der Waals surface area contributed by atoms with Gasteiger partial charge in [-0.15, -0.1) is 12.4 Å². The maximum atomic E-state index is 10.9. The number of carbonyl (C=O) groups excluding carboxylic acids is 1. The predicted molar refractivity (Wildman–Crippen MR) is 44.9 cm³/mol.